The molecule has 3 heteroatoms. The van der Waals surface area contributed by atoms with Crippen LogP contribution >= 0.6 is 11.6 Å². The van der Waals surface area contributed by atoms with E-state index in [4.69, 9.17) is 11.6 Å². The molecule has 0 aromatic heterocycles. The summed E-state index contributed by atoms with van der Waals surface area (Å²) in [5.41, 5.74) is 1.09. The van der Waals surface area contributed by atoms with E-state index in [1.807, 2.05) is 12.1 Å². The molecule has 0 radical (unpaired) electrons. The van der Waals surface area contributed by atoms with Gasteiger partial charge in [0.1, 0.15) is 5.82 Å². The summed E-state index contributed by atoms with van der Waals surface area (Å²) < 4.78 is 14.2. The van der Waals surface area contributed by atoms with Crippen LogP contribution in [0, 0.1) is 23.1 Å². The molecule has 1 N–H and O–H groups in total. The molecular weight excluding hydrogens is 285 g/mol. The van der Waals surface area contributed by atoms with Crippen LogP contribution in [0.3, 0.4) is 0 Å². The molecule has 0 amide bonds. The van der Waals surface area contributed by atoms with Crippen molar-refractivity contribution < 1.29 is 4.39 Å². The molecule has 1 nitrogen and oxygen atoms in total. The number of rotatable bonds is 6. The minimum atomic E-state index is -0.139. The van der Waals surface area contributed by atoms with E-state index in [1.165, 1.54) is 31.7 Å². The fourth-order valence-corrected chi connectivity index (χ4v) is 4.77. The Labute approximate surface area is 132 Å². The summed E-state index contributed by atoms with van der Waals surface area (Å²) >= 11 is 5.88. The molecule has 2 aliphatic carbocycles. The van der Waals surface area contributed by atoms with Crippen LogP contribution in [0.4, 0.5) is 4.39 Å². The molecule has 1 aromatic carbocycles. The smallest absolute Gasteiger partial charge is 0.127 e. The van der Waals surface area contributed by atoms with Crippen LogP contribution < -0.4 is 5.32 Å². The molecule has 0 spiro atoms. The highest BCUT2D eigenvalue weighted by molar-refractivity contribution is 6.30. The molecule has 21 heavy (non-hydrogen) atoms. The van der Waals surface area contributed by atoms with E-state index >= 15 is 0 Å². The maximum Gasteiger partial charge on any atom is 0.127 e. The zero-order valence-electron chi connectivity index (χ0n) is 12.8. The lowest BCUT2D eigenvalue weighted by Gasteiger charge is -2.38. The molecule has 1 aromatic rings. The average molecular weight is 310 g/mol. The second-order valence-electron chi connectivity index (χ2n) is 7.03. The van der Waals surface area contributed by atoms with E-state index in [-0.39, 0.29) is 11.2 Å². The number of fused-ring (bicyclic) bond motifs is 2. The van der Waals surface area contributed by atoms with E-state index in [1.54, 1.807) is 0 Å². The van der Waals surface area contributed by atoms with Gasteiger partial charge in [0.25, 0.3) is 0 Å². The SMILES string of the molecule is CCCNCC1(Cc2ccc(Cl)cc2F)CC2CCC1C2. The topological polar surface area (TPSA) is 12.0 Å². The standard InChI is InChI=1S/C18H25ClFN/c1-2-7-21-12-18(10-13-3-5-15(18)8-13)11-14-4-6-16(19)9-17(14)20/h4,6,9,13,15,21H,2-3,5,7-8,10-12H2,1H3. The third-order valence-electron chi connectivity index (χ3n) is 5.56. The normalized spacial score (nSPS) is 31.0. The van der Waals surface area contributed by atoms with Crippen LogP contribution in [0.25, 0.3) is 0 Å². The Kier molecular flexibility index (Phi) is 4.56. The number of nitrogens with one attached hydrogen (secondary N) is 1. The lowest BCUT2D eigenvalue weighted by Crippen LogP contribution is -2.41. The van der Waals surface area contributed by atoms with Crippen molar-refractivity contribution in [2.24, 2.45) is 17.3 Å². The van der Waals surface area contributed by atoms with Gasteiger partial charge in [0.15, 0.2) is 0 Å². The van der Waals surface area contributed by atoms with Crippen LogP contribution in [0.1, 0.15) is 44.6 Å². The zero-order valence-corrected chi connectivity index (χ0v) is 13.6. The first-order chi connectivity index (χ1) is 10.1. The molecule has 2 aliphatic rings. The Morgan fingerprint density at radius 2 is 2.24 bits per heavy atom. The Morgan fingerprint density at radius 1 is 1.38 bits per heavy atom. The molecule has 3 atom stereocenters. The highest BCUT2D eigenvalue weighted by Crippen LogP contribution is 2.57. The van der Waals surface area contributed by atoms with Gasteiger partial charge >= 0.3 is 0 Å². The summed E-state index contributed by atoms with van der Waals surface area (Å²) in [6.45, 7) is 4.28. The van der Waals surface area contributed by atoms with Crippen molar-refractivity contribution in [2.75, 3.05) is 13.1 Å². The Hall–Kier alpha value is -0.600. The van der Waals surface area contributed by atoms with Gasteiger partial charge in [-0.25, -0.2) is 4.39 Å². The number of benzene rings is 1. The van der Waals surface area contributed by atoms with Crippen molar-refractivity contribution in [1.29, 1.82) is 0 Å². The van der Waals surface area contributed by atoms with Crippen molar-refractivity contribution in [2.45, 2.75) is 45.4 Å². The van der Waals surface area contributed by atoms with Crippen LogP contribution in [0.2, 0.25) is 5.02 Å². The van der Waals surface area contributed by atoms with E-state index in [9.17, 15) is 4.39 Å². The summed E-state index contributed by atoms with van der Waals surface area (Å²) in [5, 5.41) is 4.09. The molecule has 3 unspecified atom stereocenters. The van der Waals surface area contributed by atoms with E-state index < -0.39 is 0 Å². The lowest BCUT2D eigenvalue weighted by molar-refractivity contribution is 0.155. The molecule has 0 heterocycles. The first-order valence-corrected chi connectivity index (χ1v) is 8.65. The quantitative estimate of drug-likeness (QED) is 0.742. The molecule has 0 saturated heterocycles. The van der Waals surface area contributed by atoms with Crippen LogP contribution in [0.15, 0.2) is 18.2 Å². The second kappa shape index (κ2) is 6.26. The second-order valence-corrected chi connectivity index (χ2v) is 7.47. The maximum atomic E-state index is 14.2. The molecule has 3 rings (SSSR count). The zero-order chi connectivity index (χ0) is 14.9. The highest BCUT2D eigenvalue weighted by Gasteiger charge is 2.50. The van der Waals surface area contributed by atoms with Gasteiger partial charge in [-0.3, -0.25) is 0 Å². The van der Waals surface area contributed by atoms with E-state index in [0.717, 1.165) is 43.3 Å². The fraction of sp³-hybridized carbons (Fsp3) is 0.667. The van der Waals surface area contributed by atoms with Crippen molar-refractivity contribution in [3.63, 3.8) is 0 Å². The largest absolute Gasteiger partial charge is 0.316 e. The average Bonchev–Trinajstić information content (AvgIpc) is 3.03. The molecule has 2 fully saturated rings. The van der Waals surface area contributed by atoms with Crippen molar-refractivity contribution >= 4 is 11.6 Å². The monoisotopic (exact) mass is 309 g/mol. The van der Waals surface area contributed by atoms with Gasteiger partial charge in [-0.05, 0) is 73.6 Å². The van der Waals surface area contributed by atoms with Crippen molar-refractivity contribution in [1.82, 2.24) is 5.32 Å². The Morgan fingerprint density at radius 3 is 2.86 bits per heavy atom. The van der Waals surface area contributed by atoms with Crippen LogP contribution in [0.5, 0.6) is 0 Å². The fourth-order valence-electron chi connectivity index (χ4n) is 4.61. The van der Waals surface area contributed by atoms with Gasteiger partial charge in [-0.1, -0.05) is 31.0 Å². The molecular formula is C18H25ClFN. The number of hydrogen-bond acceptors (Lipinski definition) is 1. The molecule has 116 valence electrons. The summed E-state index contributed by atoms with van der Waals surface area (Å²) in [5.74, 6) is 1.50. The summed E-state index contributed by atoms with van der Waals surface area (Å²) in [6, 6.07) is 5.16. The highest BCUT2D eigenvalue weighted by atomic mass is 35.5. The van der Waals surface area contributed by atoms with Gasteiger partial charge in [-0.2, -0.15) is 0 Å². The predicted octanol–water partition coefficient (Wildman–Crippen LogP) is 4.83. The van der Waals surface area contributed by atoms with Gasteiger partial charge in [0.2, 0.25) is 0 Å². The number of hydrogen-bond donors (Lipinski definition) is 1. The van der Waals surface area contributed by atoms with Crippen molar-refractivity contribution in [3.05, 3.63) is 34.6 Å². The number of halogens is 2. The summed E-state index contributed by atoms with van der Waals surface area (Å²) in [6.07, 6.45) is 7.32. The van der Waals surface area contributed by atoms with E-state index in [2.05, 4.69) is 12.2 Å². The van der Waals surface area contributed by atoms with Gasteiger partial charge < -0.3 is 5.32 Å². The Bertz CT molecular complexity index is 504. The molecule has 2 saturated carbocycles. The third kappa shape index (κ3) is 3.12. The van der Waals surface area contributed by atoms with Gasteiger partial charge in [-0.15, -0.1) is 0 Å². The summed E-state index contributed by atoms with van der Waals surface area (Å²) in [4.78, 5) is 0. The molecule has 2 bridgehead atoms. The lowest BCUT2D eigenvalue weighted by atomic mass is 9.69. The van der Waals surface area contributed by atoms with Crippen LogP contribution in [-0.4, -0.2) is 13.1 Å². The maximum absolute atomic E-state index is 14.2. The Balaban J connectivity index is 1.79. The van der Waals surface area contributed by atoms with Gasteiger partial charge in [0, 0.05) is 11.6 Å². The van der Waals surface area contributed by atoms with Crippen molar-refractivity contribution in [3.8, 4) is 0 Å². The minimum Gasteiger partial charge on any atom is -0.316 e. The first-order valence-electron chi connectivity index (χ1n) is 8.27. The predicted molar refractivity (Wildman–Crippen MR) is 86.2 cm³/mol. The van der Waals surface area contributed by atoms with E-state index in [0.29, 0.717) is 5.02 Å². The van der Waals surface area contributed by atoms with Gasteiger partial charge in [0.05, 0.1) is 0 Å². The molecule has 0 aliphatic heterocycles. The minimum absolute atomic E-state index is 0.139. The van der Waals surface area contributed by atoms with Crippen LogP contribution in [-0.2, 0) is 6.42 Å². The third-order valence-corrected chi connectivity index (χ3v) is 5.80. The first kappa shape index (κ1) is 15.3. The summed E-state index contributed by atoms with van der Waals surface area (Å²) in [7, 11) is 0.